The highest BCUT2D eigenvalue weighted by Gasteiger charge is 2.46. The number of carbonyl (C=O) groups is 3. The summed E-state index contributed by atoms with van der Waals surface area (Å²) < 4.78 is 10.5. The molecule has 2 aliphatic rings. The molecule has 0 saturated carbocycles. The van der Waals surface area contributed by atoms with Gasteiger partial charge in [0.2, 0.25) is 5.91 Å². The summed E-state index contributed by atoms with van der Waals surface area (Å²) >= 11 is 0. The molecule has 0 spiro atoms. The fourth-order valence-electron chi connectivity index (χ4n) is 3.34. The van der Waals surface area contributed by atoms with Gasteiger partial charge in [0.25, 0.3) is 5.91 Å². The molecule has 7 nitrogen and oxygen atoms in total. The topological polar surface area (TPSA) is 77.3 Å². The number of hydrogen-bond donors (Lipinski definition) is 1. The molecule has 2 aliphatic heterocycles. The number of carbonyl (C=O) groups excluding carboxylic acids is 3. The van der Waals surface area contributed by atoms with Gasteiger partial charge in [-0.2, -0.15) is 0 Å². The molecule has 3 rings (SSSR count). The zero-order chi connectivity index (χ0) is 18.5. The predicted octanol–water partition coefficient (Wildman–Crippen LogP) is 0.191. The molecule has 1 atom stereocenters. The standard InChI is InChI=1S/C19H24N2O5/c1-2-3-10-26-19(24)14-4-6-15(7-5-14)21-17(22)13-16(18(21)23)20-8-11-25-12-9-20/h4-7,16H,2-3,8-13H2,1H3/p+1/t16-/m0/s1. The maximum Gasteiger partial charge on any atom is 0.338 e. The van der Waals surface area contributed by atoms with E-state index in [1.54, 1.807) is 24.3 Å². The molecule has 0 bridgehead atoms. The van der Waals surface area contributed by atoms with E-state index in [0.717, 1.165) is 30.8 Å². The van der Waals surface area contributed by atoms with Crippen LogP contribution in [0, 0.1) is 0 Å². The highest BCUT2D eigenvalue weighted by atomic mass is 16.5. The van der Waals surface area contributed by atoms with Crippen molar-refractivity contribution in [2.24, 2.45) is 0 Å². The average Bonchev–Trinajstić information content (AvgIpc) is 2.97. The van der Waals surface area contributed by atoms with E-state index in [0.29, 0.717) is 31.1 Å². The molecule has 1 aromatic carbocycles. The van der Waals surface area contributed by atoms with Gasteiger partial charge in [0.15, 0.2) is 6.04 Å². The van der Waals surface area contributed by atoms with Crippen LogP contribution in [0.15, 0.2) is 24.3 Å². The summed E-state index contributed by atoms with van der Waals surface area (Å²) in [6.07, 6.45) is 2.00. The van der Waals surface area contributed by atoms with Crippen LogP contribution in [-0.4, -0.2) is 56.7 Å². The van der Waals surface area contributed by atoms with Crippen LogP contribution in [0.1, 0.15) is 36.5 Å². The second-order valence-corrected chi connectivity index (χ2v) is 6.63. The number of morpholine rings is 1. The number of anilines is 1. The van der Waals surface area contributed by atoms with Gasteiger partial charge in [-0.1, -0.05) is 13.3 Å². The van der Waals surface area contributed by atoms with E-state index in [1.165, 1.54) is 4.90 Å². The van der Waals surface area contributed by atoms with Crippen molar-refractivity contribution in [1.82, 2.24) is 0 Å². The minimum absolute atomic E-state index is 0.176. The smallest absolute Gasteiger partial charge is 0.338 e. The number of quaternary nitrogens is 1. The van der Waals surface area contributed by atoms with Gasteiger partial charge in [0, 0.05) is 0 Å². The first-order chi connectivity index (χ1) is 12.6. The second kappa shape index (κ2) is 8.42. The molecule has 2 saturated heterocycles. The number of ether oxygens (including phenoxy) is 2. The van der Waals surface area contributed by atoms with Gasteiger partial charge in [0.05, 0.1) is 37.5 Å². The molecule has 1 N–H and O–H groups in total. The first-order valence-electron chi connectivity index (χ1n) is 9.18. The summed E-state index contributed by atoms with van der Waals surface area (Å²) in [4.78, 5) is 39.5. The third kappa shape index (κ3) is 3.94. The Kier molecular flexibility index (Phi) is 6.00. The number of nitrogens with one attached hydrogen (secondary N) is 1. The number of benzene rings is 1. The highest BCUT2D eigenvalue weighted by Crippen LogP contribution is 2.22. The quantitative estimate of drug-likeness (QED) is 0.445. The van der Waals surface area contributed by atoms with Gasteiger partial charge >= 0.3 is 5.97 Å². The highest BCUT2D eigenvalue weighted by molar-refractivity contribution is 6.21. The van der Waals surface area contributed by atoms with Gasteiger partial charge in [-0.3, -0.25) is 9.59 Å². The molecule has 0 aromatic heterocycles. The van der Waals surface area contributed by atoms with Crippen LogP contribution in [0.4, 0.5) is 5.69 Å². The Morgan fingerprint density at radius 3 is 2.58 bits per heavy atom. The predicted molar refractivity (Wildman–Crippen MR) is 94.0 cm³/mol. The Balaban J connectivity index is 1.67. The van der Waals surface area contributed by atoms with Crippen molar-refractivity contribution < 1.29 is 28.8 Å². The average molecular weight is 361 g/mol. The zero-order valence-electron chi connectivity index (χ0n) is 15.0. The van der Waals surface area contributed by atoms with Gasteiger partial charge < -0.3 is 14.4 Å². The normalized spacial score (nSPS) is 21.3. The van der Waals surface area contributed by atoms with E-state index < -0.39 is 0 Å². The summed E-state index contributed by atoms with van der Waals surface area (Å²) in [5.74, 6) is -0.762. The summed E-state index contributed by atoms with van der Waals surface area (Å²) in [6.45, 7) is 5.12. The van der Waals surface area contributed by atoms with Crippen molar-refractivity contribution in [1.29, 1.82) is 0 Å². The SMILES string of the molecule is CCCCOC(=O)c1ccc(N2C(=O)C[C@H]([NH+]3CCOCC3)C2=O)cc1. The van der Waals surface area contributed by atoms with Crippen molar-refractivity contribution in [3.63, 3.8) is 0 Å². The fourth-order valence-corrected chi connectivity index (χ4v) is 3.34. The molecule has 0 radical (unpaired) electrons. The van der Waals surface area contributed by atoms with E-state index in [-0.39, 0.29) is 30.2 Å². The lowest BCUT2D eigenvalue weighted by molar-refractivity contribution is -0.922. The summed E-state index contributed by atoms with van der Waals surface area (Å²) in [6, 6.07) is 6.11. The molecule has 2 heterocycles. The fraction of sp³-hybridized carbons (Fsp3) is 0.526. The van der Waals surface area contributed by atoms with Crippen molar-refractivity contribution >= 4 is 23.5 Å². The van der Waals surface area contributed by atoms with Crippen molar-refractivity contribution in [3.8, 4) is 0 Å². The van der Waals surface area contributed by atoms with Gasteiger partial charge in [-0.05, 0) is 30.7 Å². The first-order valence-corrected chi connectivity index (χ1v) is 9.18. The van der Waals surface area contributed by atoms with Gasteiger partial charge in [-0.25, -0.2) is 9.69 Å². The van der Waals surface area contributed by atoms with Crippen LogP contribution in [0.2, 0.25) is 0 Å². The van der Waals surface area contributed by atoms with Crippen LogP contribution in [0.5, 0.6) is 0 Å². The Labute approximate surface area is 152 Å². The molecule has 26 heavy (non-hydrogen) atoms. The van der Waals surface area contributed by atoms with Gasteiger partial charge in [-0.15, -0.1) is 0 Å². The molecule has 0 unspecified atom stereocenters. The largest absolute Gasteiger partial charge is 0.462 e. The maximum absolute atomic E-state index is 12.8. The molecule has 2 amide bonds. The number of rotatable bonds is 6. The zero-order valence-corrected chi connectivity index (χ0v) is 15.0. The Bertz CT molecular complexity index is 667. The third-order valence-corrected chi connectivity index (χ3v) is 4.87. The number of esters is 1. The van der Waals surface area contributed by atoms with E-state index in [2.05, 4.69) is 0 Å². The number of hydrogen-bond acceptors (Lipinski definition) is 5. The van der Waals surface area contributed by atoms with Crippen LogP contribution >= 0.6 is 0 Å². The number of unbranched alkanes of at least 4 members (excludes halogenated alkanes) is 1. The molecule has 7 heteroatoms. The number of nitrogens with zero attached hydrogens (tertiary/aromatic N) is 1. The van der Waals surface area contributed by atoms with Crippen molar-refractivity contribution in [3.05, 3.63) is 29.8 Å². The lowest BCUT2D eigenvalue weighted by Gasteiger charge is -2.27. The molecule has 1 aromatic rings. The van der Waals surface area contributed by atoms with Crippen molar-refractivity contribution in [2.75, 3.05) is 37.8 Å². The first kappa shape index (κ1) is 18.5. The van der Waals surface area contributed by atoms with Gasteiger partial charge in [0.1, 0.15) is 13.1 Å². The summed E-state index contributed by atoms with van der Waals surface area (Å²) in [7, 11) is 0. The lowest BCUT2D eigenvalue weighted by atomic mass is 10.2. The molecule has 2 fully saturated rings. The van der Waals surface area contributed by atoms with Crippen LogP contribution in [0.25, 0.3) is 0 Å². The summed E-state index contributed by atoms with van der Waals surface area (Å²) in [5.41, 5.74) is 0.916. The summed E-state index contributed by atoms with van der Waals surface area (Å²) in [5, 5.41) is 0. The molecule has 140 valence electrons. The third-order valence-electron chi connectivity index (χ3n) is 4.87. The second-order valence-electron chi connectivity index (χ2n) is 6.63. The Hall–Kier alpha value is -2.25. The van der Waals surface area contributed by atoms with Crippen LogP contribution in [-0.2, 0) is 19.1 Å². The van der Waals surface area contributed by atoms with E-state index in [1.807, 2.05) is 6.92 Å². The minimum atomic E-state index is -0.389. The maximum atomic E-state index is 12.8. The van der Waals surface area contributed by atoms with Crippen LogP contribution in [0.3, 0.4) is 0 Å². The Morgan fingerprint density at radius 1 is 1.23 bits per heavy atom. The van der Waals surface area contributed by atoms with Crippen LogP contribution < -0.4 is 9.80 Å². The molecular formula is C19H25N2O5+. The monoisotopic (exact) mass is 361 g/mol. The van der Waals surface area contributed by atoms with E-state index >= 15 is 0 Å². The van der Waals surface area contributed by atoms with E-state index in [9.17, 15) is 14.4 Å². The Morgan fingerprint density at radius 2 is 1.92 bits per heavy atom. The van der Waals surface area contributed by atoms with E-state index in [4.69, 9.17) is 9.47 Å². The molecular weight excluding hydrogens is 336 g/mol. The number of amides is 2. The number of imide groups is 1. The van der Waals surface area contributed by atoms with Crippen molar-refractivity contribution in [2.45, 2.75) is 32.2 Å². The molecule has 0 aliphatic carbocycles. The lowest BCUT2D eigenvalue weighted by Crippen LogP contribution is -3.18. The minimum Gasteiger partial charge on any atom is -0.462 e.